The fourth-order valence-corrected chi connectivity index (χ4v) is 4.14. The maximum atomic E-state index is 14.9. The number of carbonyl (C=O) groups excluding carboxylic acids is 1. The Morgan fingerprint density at radius 3 is 2.62 bits per heavy atom. The van der Waals surface area contributed by atoms with Gasteiger partial charge in [-0.15, -0.1) is 0 Å². The number of aromatic nitrogens is 3. The summed E-state index contributed by atoms with van der Waals surface area (Å²) in [4.78, 5) is 24.7. The molecule has 1 amide bonds. The van der Waals surface area contributed by atoms with Crippen LogP contribution in [0.2, 0.25) is 0 Å². The highest BCUT2D eigenvalue weighted by Gasteiger charge is 2.17. The molecule has 0 radical (unpaired) electrons. The van der Waals surface area contributed by atoms with Gasteiger partial charge >= 0.3 is 0 Å². The van der Waals surface area contributed by atoms with Crippen LogP contribution < -0.4 is 20.3 Å². The third kappa shape index (κ3) is 5.80. The number of aryl methyl sites for hydroxylation is 1. The fraction of sp³-hybridized carbons (Fsp3) is 0.296. The molecule has 2 aromatic heterocycles. The topological polar surface area (TPSA) is 87.6 Å². The number of hydrogen-bond donors (Lipinski definition) is 2. The van der Waals surface area contributed by atoms with Gasteiger partial charge in [0.25, 0.3) is 0 Å². The monoisotopic (exact) mass is 505 g/mol. The first-order valence-electron chi connectivity index (χ1n) is 11.9. The molecule has 4 rings (SSSR count). The minimum Gasteiger partial charge on any atom is -0.497 e. The van der Waals surface area contributed by atoms with Gasteiger partial charge < -0.3 is 29.7 Å². The van der Waals surface area contributed by atoms with Gasteiger partial charge in [0.15, 0.2) is 5.82 Å². The lowest BCUT2D eigenvalue weighted by Gasteiger charge is -2.24. The minimum absolute atomic E-state index is 0.175. The van der Waals surface area contributed by atoms with Gasteiger partial charge in [0.1, 0.15) is 11.4 Å². The Morgan fingerprint density at radius 1 is 1.14 bits per heavy atom. The minimum atomic E-state index is -0.530. The normalized spacial score (nSPS) is 11.1. The molecule has 0 bridgehead atoms. The van der Waals surface area contributed by atoms with Gasteiger partial charge in [-0.05, 0) is 50.5 Å². The number of amides is 1. The average molecular weight is 506 g/mol. The van der Waals surface area contributed by atoms with Crippen LogP contribution in [0.25, 0.3) is 22.2 Å². The number of methoxy groups -OCH3 is 1. The van der Waals surface area contributed by atoms with E-state index in [1.807, 2.05) is 75.4 Å². The lowest BCUT2D eigenvalue weighted by atomic mass is 10.1. The lowest BCUT2D eigenvalue weighted by Crippen LogP contribution is -2.29. The predicted molar refractivity (Wildman–Crippen MR) is 146 cm³/mol. The van der Waals surface area contributed by atoms with Crippen LogP contribution in [0.4, 0.5) is 27.4 Å². The van der Waals surface area contributed by atoms with Gasteiger partial charge in [-0.25, -0.2) is 14.4 Å². The molecule has 0 atom stereocenters. The Balaban J connectivity index is 1.67. The van der Waals surface area contributed by atoms with Crippen molar-refractivity contribution in [2.24, 2.45) is 7.05 Å². The van der Waals surface area contributed by atoms with Crippen molar-refractivity contribution in [2.45, 2.75) is 6.92 Å². The maximum Gasteiger partial charge on any atom is 0.227 e. The van der Waals surface area contributed by atoms with E-state index < -0.39 is 5.82 Å². The van der Waals surface area contributed by atoms with Crippen LogP contribution in [0, 0.1) is 5.82 Å². The molecule has 0 saturated carbocycles. The summed E-state index contributed by atoms with van der Waals surface area (Å²) in [5, 5.41) is 6.87. The van der Waals surface area contributed by atoms with Crippen molar-refractivity contribution >= 4 is 39.8 Å². The molecule has 2 N–H and O–H groups in total. The number of fused-ring (bicyclic) bond motifs is 1. The van der Waals surface area contributed by atoms with E-state index in [0.717, 1.165) is 35.9 Å². The predicted octanol–water partition coefficient (Wildman–Crippen LogP) is 4.48. The van der Waals surface area contributed by atoms with Gasteiger partial charge in [0.2, 0.25) is 11.9 Å². The number of benzene rings is 2. The van der Waals surface area contributed by atoms with Crippen LogP contribution in [-0.4, -0.2) is 66.7 Å². The Bertz CT molecular complexity index is 1430. The Hall–Kier alpha value is -4.18. The number of halogens is 1. The van der Waals surface area contributed by atoms with Crippen molar-refractivity contribution in [2.75, 3.05) is 56.9 Å². The SMILES string of the molecule is COc1ccc2c(c1)c(-c1nc(Nc3ccc(N(C)CCN(C)C)c(NC(C)=O)c3)ncc1F)cn2C. The number of rotatable bonds is 9. The molecule has 0 aliphatic carbocycles. The molecule has 37 heavy (non-hydrogen) atoms. The van der Waals surface area contributed by atoms with Crippen LogP contribution >= 0.6 is 0 Å². The summed E-state index contributed by atoms with van der Waals surface area (Å²) in [5.74, 6) is 0.205. The zero-order valence-electron chi connectivity index (χ0n) is 22.0. The van der Waals surface area contributed by atoms with E-state index in [-0.39, 0.29) is 17.5 Å². The van der Waals surface area contributed by atoms with Crippen molar-refractivity contribution in [3.05, 3.63) is 54.6 Å². The van der Waals surface area contributed by atoms with Crippen LogP contribution in [0.5, 0.6) is 5.75 Å². The molecule has 10 heteroatoms. The van der Waals surface area contributed by atoms with Crippen molar-refractivity contribution in [3.8, 4) is 17.0 Å². The number of likely N-dealkylation sites (N-methyl/N-ethyl adjacent to an activating group) is 2. The highest BCUT2D eigenvalue weighted by Crippen LogP contribution is 2.34. The smallest absolute Gasteiger partial charge is 0.227 e. The standard InChI is InChI=1S/C27H32FN7O2/c1-17(36)30-23-13-18(7-9-25(23)34(4)12-11-33(2)3)31-27-29-15-22(28)26(32-27)21-16-35(5)24-10-8-19(37-6)14-20(21)24/h7-10,13-16H,11-12H2,1-6H3,(H,30,36)(H,29,31,32). The van der Waals surface area contributed by atoms with Crippen LogP contribution in [0.1, 0.15) is 6.92 Å². The van der Waals surface area contributed by atoms with Gasteiger partial charge in [-0.3, -0.25) is 4.79 Å². The second kappa shape index (κ2) is 10.8. The maximum absolute atomic E-state index is 14.9. The first kappa shape index (κ1) is 25.9. The van der Waals surface area contributed by atoms with Crippen molar-refractivity contribution in [1.82, 2.24) is 19.4 Å². The molecule has 0 unspecified atom stereocenters. The lowest BCUT2D eigenvalue weighted by molar-refractivity contribution is -0.114. The van der Waals surface area contributed by atoms with E-state index in [0.29, 0.717) is 22.7 Å². The number of hydrogen-bond acceptors (Lipinski definition) is 7. The van der Waals surface area contributed by atoms with E-state index in [1.165, 1.54) is 6.92 Å². The fourth-order valence-electron chi connectivity index (χ4n) is 4.14. The third-order valence-corrected chi connectivity index (χ3v) is 6.05. The van der Waals surface area contributed by atoms with E-state index >= 15 is 0 Å². The average Bonchev–Trinajstić information content (AvgIpc) is 3.18. The number of nitrogens with zero attached hydrogens (tertiary/aromatic N) is 5. The number of ether oxygens (including phenoxy) is 1. The summed E-state index contributed by atoms with van der Waals surface area (Å²) in [7, 11) is 9.50. The molecule has 2 heterocycles. The molecule has 0 saturated heterocycles. The van der Waals surface area contributed by atoms with Gasteiger partial charge in [0, 0.05) is 62.5 Å². The molecule has 0 spiro atoms. The first-order chi connectivity index (χ1) is 17.7. The molecular weight excluding hydrogens is 473 g/mol. The number of carbonyl (C=O) groups is 1. The number of anilines is 4. The van der Waals surface area contributed by atoms with Crippen LogP contribution in [-0.2, 0) is 11.8 Å². The molecule has 0 fully saturated rings. The molecule has 9 nitrogen and oxygen atoms in total. The highest BCUT2D eigenvalue weighted by molar-refractivity contribution is 5.96. The van der Waals surface area contributed by atoms with Gasteiger partial charge in [0.05, 0.1) is 24.7 Å². The largest absolute Gasteiger partial charge is 0.497 e. The van der Waals surface area contributed by atoms with Crippen LogP contribution in [0.15, 0.2) is 48.8 Å². The van der Waals surface area contributed by atoms with E-state index in [1.54, 1.807) is 7.11 Å². The summed E-state index contributed by atoms with van der Waals surface area (Å²) in [6.07, 6.45) is 2.99. The van der Waals surface area contributed by atoms with E-state index in [9.17, 15) is 9.18 Å². The van der Waals surface area contributed by atoms with Crippen LogP contribution in [0.3, 0.4) is 0 Å². The first-order valence-corrected chi connectivity index (χ1v) is 11.9. The summed E-state index contributed by atoms with van der Waals surface area (Å²) in [6.45, 7) is 3.12. The zero-order valence-corrected chi connectivity index (χ0v) is 22.0. The Labute approximate surface area is 215 Å². The summed E-state index contributed by atoms with van der Waals surface area (Å²) >= 11 is 0. The molecule has 4 aromatic rings. The quantitative estimate of drug-likeness (QED) is 0.347. The summed E-state index contributed by atoms with van der Waals surface area (Å²) < 4.78 is 22.2. The second-order valence-electron chi connectivity index (χ2n) is 9.19. The summed E-state index contributed by atoms with van der Waals surface area (Å²) in [5.41, 5.74) is 3.94. The Kier molecular flexibility index (Phi) is 7.58. The van der Waals surface area contributed by atoms with Crippen molar-refractivity contribution in [1.29, 1.82) is 0 Å². The Morgan fingerprint density at radius 2 is 1.92 bits per heavy atom. The zero-order chi connectivity index (χ0) is 26.7. The molecule has 0 aliphatic heterocycles. The van der Waals surface area contributed by atoms with Gasteiger partial charge in [-0.1, -0.05) is 0 Å². The molecule has 2 aromatic carbocycles. The number of nitrogens with one attached hydrogen (secondary N) is 2. The third-order valence-electron chi connectivity index (χ3n) is 6.05. The molecular formula is C27H32FN7O2. The summed E-state index contributed by atoms with van der Waals surface area (Å²) in [6, 6.07) is 11.3. The second-order valence-corrected chi connectivity index (χ2v) is 9.19. The van der Waals surface area contributed by atoms with Crippen molar-refractivity contribution in [3.63, 3.8) is 0 Å². The highest BCUT2D eigenvalue weighted by atomic mass is 19.1. The van der Waals surface area contributed by atoms with Gasteiger partial charge in [-0.2, -0.15) is 0 Å². The molecule has 0 aliphatic rings. The van der Waals surface area contributed by atoms with Crippen molar-refractivity contribution < 1.29 is 13.9 Å². The van der Waals surface area contributed by atoms with E-state index in [2.05, 4.69) is 30.4 Å². The van der Waals surface area contributed by atoms with E-state index in [4.69, 9.17) is 4.74 Å². The molecule has 194 valence electrons.